The number of nitrogens with one attached hydrogen (secondary N) is 1. The third-order valence-electron chi connectivity index (χ3n) is 5.06. The van der Waals surface area contributed by atoms with E-state index in [1.54, 1.807) is 10.7 Å². The van der Waals surface area contributed by atoms with Crippen molar-refractivity contribution in [3.05, 3.63) is 27.7 Å². The van der Waals surface area contributed by atoms with Gasteiger partial charge in [0, 0.05) is 45.3 Å². The van der Waals surface area contributed by atoms with E-state index in [9.17, 15) is 9.59 Å². The molecule has 0 bridgehead atoms. The zero-order chi connectivity index (χ0) is 17.8. The van der Waals surface area contributed by atoms with Crippen LogP contribution >= 0.6 is 0 Å². The highest BCUT2D eigenvalue weighted by molar-refractivity contribution is 5.81. The Kier molecular flexibility index (Phi) is 5.86. The minimum atomic E-state index is -0.229. The number of aromatic nitrogens is 2. The van der Waals surface area contributed by atoms with Crippen molar-refractivity contribution >= 4 is 5.91 Å². The van der Waals surface area contributed by atoms with Gasteiger partial charge in [-0.25, -0.2) is 4.68 Å². The smallest absolute Gasteiger partial charge is 0.267 e. The van der Waals surface area contributed by atoms with E-state index in [1.165, 1.54) is 0 Å². The average molecular weight is 348 g/mol. The second kappa shape index (κ2) is 8.10. The van der Waals surface area contributed by atoms with Gasteiger partial charge in [-0.1, -0.05) is 6.92 Å². The van der Waals surface area contributed by atoms with Gasteiger partial charge in [0.05, 0.1) is 17.8 Å². The molecule has 7 nitrogen and oxygen atoms in total. The highest BCUT2D eigenvalue weighted by atomic mass is 16.5. The maximum absolute atomic E-state index is 12.4. The van der Waals surface area contributed by atoms with E-state index in [4.69, 9.17) is 4.74 Å². The van der Waals surface area contributed by atoms with Gasteiger partial charge in [0.2, 0.25) is 5.91 Å². The van der Waals surface area contributed by atoms with Gasteiger partial charge in [-0.3, -0.25) is 14.5 Å². The second-order valence-electron chi connectivity index (χ2n) is 6.95. The maximum Gasteiger partial charge on any atom is 0.267 e. The van der Waals surface area contributed by atoms with Crippen molar-refractivity contribution < 1.29 is 9.53 Å². The fourth-order valence-corrected chi connectivity index (χ4v) is 3.50. The molecule has 3 heterocycles. The standard InChI is InChI=1S/C18H28N4O3/c1-3-7-22-17(23)10-14-12-21(8-6-16(14)20-22)13(2)18(24)19-11-15-5-4-9-25-15/h10,13,15H,3-9,11-12H2,1-2H3,(H,19,24)/t13-,15+/m1/s1. The zero-order valence-corrected chi connectivity index (χ0v) is 15.2. The summed E-state index contributed by atoms with van der Waals surface area (Å²) in [6.45, 7) is 7.35. The number of hydrogen-bond acceptors (Lipinski definition) is 5. The van der Waals surface area contributed by atoms with Crippen LogP contribution in [-0.4, -0.2) is 52.4 Å². The Morgan fingerprint density at radius 1 is 1.52 bits per heavy atom. The van der Waals surface area contributed by atoms with Gasteiger partial charge in [-0.05, 0) is 31.7 Å². The number of carbonyl (C=O) groups excluding carboxylic acids is 1. The van der Waals surface area contributed by atoms with Crippen molar-refractivity contribution in [1.82, 2.24) is 20.0 Å². The molecule has 1 saturated heterocycles. The van der Waals surface area contributed by atoms with E-state index in [1.807, 2.05) is 13.8 Å². The Morgan fingerprint density at radius 2 is 2.36 bits per heavy atom. The quantitative estimate of drug-likeness (QED) is 0.819. The van der Waals surface area contributed by atoms with Crippen LogP contribution in [-0.2, 0) is 29.0 Å². The fourth-order valence-electron chi connectivity index (χ4n) is 3.50. The van der Waals surface area contributed by atoms with Crippen LogP contribution in [0.1, 0.15) is 44.4 Å². The number of aryl methyl sites for hydroxylation is 1. The van der Waals surface area contributed by atoms with Crippen molar-refractivity contribution in [2.75, 3.05) is 19.7 Å². The van der Waals surface area contributed by atoms with Crippen LogP contribution in [0.3, 0.4) is 0 Å². The number of amides is 1. The Balaban J connectivity index is 1.60. The number of fused-ring (bicyclic) bond motifs is 1. The first-order valence-corrected chi connectivity index (χ1v) is 9.31. The highest BCUT2D eigenvalue weighted by Crippen LogP contribution is 2.18. The molecule has 0 aromatic carbocycles. The molecule has 0 spiro atoms. The van der Waals surface area contributed by atoms with Crippen LogP contribution < -0.4 is 10.9 Å². The molecule has 2 aliphatic heterocycles. The Labute approximate surface area is 148 Å². The summed E-state index contributed by atoms with van der Waals surface area (Å²) in [4.78, 5) is 26.7. The van der Waals surface area contributed by atoms with E-state index >= 15 is 0 Å². The van der Waals surface area contributed by atoms with Gasteiger partial charge in [0.1, 0.15) is 0 Å². The maximum atomic E-state index is 12.4. The predicted octanol–water partition coefficient (Wildman–Crippen LogP) is 0.695. The van der Waals surface area contributed by atoms with Gasteiger partial charge in [0.15, 0.2) is 0 Å². The van der Waals surface area contributed by atoms with Crippen molar-refractivity contribution in [2.24, 2.45) is 0 Å². The number of carbonyl (C=O) groups is 1. The molecule has 0 radical (unpaired) electrons. The summed E-state index contributed by atoms with van der Waals surface area (Å²) < 4.78 is 7.09. The number of rotatable bonds is 6. The third kappa shape index (κ3) is 4.27. The van der Waals surface area contributed by atoms with Crippen molar-refractivity contribution in [1.29, 1.82) is 0 Å². The Hall–Kier alpha value is -1.73. The number of nitrogens with zero attached hydrogens (tertiary/aromatic N) is 3. The van der Waals surface area contributed by atoms with Crippen LogP contribution in [0.4, 0.5) is 0 Å². The lowest BCUT2D eigenvalue weighted by Gasteiger charge is -2.32. The SMILES string of the molecule is CCCn1nc2c(cc1=O)CN([C@H](C)C(=O)NC[C@@H]1CCCO1)CC2. The minimum Gasteiger partial charge on any atom is -0.376 e. The first-order valence-electron chi connectivity index (χ1n) is 9.31. The Bertz CT molecular complexity index is 667. The van der Waals surface area contributed by atoms with Crippen LogP contribution in [0.2, 0.25) is 0 Å². The van der Waals surface area contributed by atoms with Crippen LogP contribution in [0, 0.1) is 0 Å². The van der Waals surface area contributed by atoms with Gasteiger partial charge in [0.25, 0.3) is 5.56 Å². The summed E-state index contributed by atoms with van der Waals surface area (Å²) in [7, 11) is 0. The average Bonchev–Trinajstić information content (AvgIpc) is 3.13. The number of ether oxygens (including phenoxy) is 1. The van der Waals surface area contributed by atoms with Gasteiger partial charge in [-0.15, -0.1) is 0 Å². The van der Waals surface area contributed by atoms with Crippen molar-refractivity contribution in [3.8, 4) is 0 Å². The van der Waals surface area contributed by atoms with Crippen LogP contribution in [0.5, 0.6) is 0 Å². The van der Waals surface area contributed by atoms with E-state index in [0.717, 1.165) is 50.1 Å². The van der Waals surface area contributed by atoms with Gasteiger partial charge >= 0.3 is 0 Å². The minimum absolute atomic E-state index is 0.0197. The van der Waals surface area contributed by atoms with E-state index in [2.05, 4.69) is 15.3 Å². The Morgan fingerprint density at radius 3 is 3.08 bits per heavy atom. The second-order valence-corrected chi connectivity index (χ2v) is 6.95. The summed E-state index contributed by atoms with van der Waals surface area (Å²) in [5.41, 5.74) is 1.87. The molecule has 1 amide bonds. The monoisotopic (exact) mass is 348 g/mol. The molecule has 25 heavy (non-hydrogen) atoms. The molecule has 138 valence electrons. The first-order chi connectivity index (χ1) is 12.1. The molecule has 2 atom stereocenters. The molecular weight excluding hydrogens is 320 g/mol. The lowest BCUT2D eigenvalue weighted by molar-refractivity contribution is -0.126. The van der Waals surface area contributed by atoms with E-state index in [-0.39, 0.29) is 23.6 Å². The molecule has 1 fully saturated rings. The molecule has 0 aliphatic carbocycles. The molecule has 0 saturated carbocycles. The van der Waals surface area contributed by atoms with Crippen LogP contribution in [0.15, 0.2) is 10.9 Å². The summed E-state index contributed by atoms with van der Waals surface area (Å²) >= 11 is 0. The highest BCUT2D eigenvalue weighted by Gasteiger charge is 2.27. The lowest BCUT2D eigenvalue weighted by atomic mass is 10.0. The van der Waals surface area contributed by atoms with Crippen molar-refractivity contribution in [2.45, 2.75) is 64.8 Å². The normalized spacial score (nSPS) is 21.8. The van der Waals surface area contributed by atoms with E-state index < -0.39 is 0 Å². The predicted molar refractivity (Wildman–Crippen MR) is 94.3 cm³/mol. The molecule has 1 aromatic rings. The van der Waals surface area contributed by atoms with Crippen molar-refractivity contribution in [3.63, 3.8) is 0 Å². The molecule has 3 rings (SSSR count). The topological polar surface area (TPSA) is 76.5 Å². The van der Waals surface area contributed by atoms with Gasteiger partial charge < -0.3 is 10.1 Å². The summed E-state index contributed by atoms with van der Waals surface area (Å²) in [5, 5.41) is 7.49. The fraction of sp³-hybridized carbons (Fsp3) is 0.722. The third-order valence-corrected chi connectivity index (χ3v) is 5.06. The molecular formula is C18H28N4O3. The number of hydrogen-bond donors (Lipinski definition) is 1. The summed E-state index contributed by atoms with van der Waals surface area (Å²) in [6.07, 6.45) is 3.89. The molecule has 2 aliphatic rings. The van der Waals surface area contributed by atoms with Crippen LogP contribution in [0.25, 0.3) is 0 Å². The summed E-state index contributed by atoms with van der Waals surface area (Å²) in [5.74, 6) is 0.0197. The largest absolute Gasteiger partial charge is 0.376 e. The lowest BCUT2D eigenvalue weighted by Crippen LogP contribution is -2.48. The summed E-state index contributed by atoms with van der Waals surface area (Å²) in [6, 6.07) is 1.45. The molecule has 1 N–H and O–H groups in total. The van der Waals surface area contributed by atoms with E-state index in [0.29, 0.717) is 19.6 Å². The molecule has 0 unspecified atom stereocenters. The first kappa shape index (κ1) is 18.1. The molecule has 7 heteroatoms. The molecule has 1 aromatic heterocycles. The van der Waals surface area contributed by atoms with Gasteiger partial charge in [-0.2, -0.15) is 5.10 Å². The zero-order valence-electron chi connectivity index (χ0n) is 15.2.